The van der Waals surface area contributed by atoms with Gasteiger partial charge in [-0.15, -0.1) is 0 Å². The molecule has 0 spiro atoms. The molecule has 0 atom stereocenters. The van der Waals surface area contributed by atoms with Gasteiger partial charge in [0.1, 0.15) is 0 Å². The normalized spacial score (nSPS) is 21.0. The lowest BCUT2D eigenvalue weighted by Gasteiger charge is -2.32. The van der Waals surface area contributed by atoms with E-state index in [9.17, 15) is 5.11 Å². The summed E-state index contributed by atoms with van der Waals surface area (Å²) in [6.07, 6.45) is 1.54. The molecule has 0 unspecified atom stereocenters. The van der Waals surface area contributed by atoms with Crippen molar-refractivity contribution < 1.29 is 14.6 Å². The molecule has 0 aromatic rings. The van der Waals surface area contributed by atoms with Crippen LogP contribution in [0.5, 0.6) is 0 Å². The van der Waals surface area contributed by atoms with Gasteiger partial charge in [-0.2, -0.15) is 0 Å². The molecule has 1 heterocycles. The molecule has 1 rings (SSSR count). The zero-order chi connectivity index (χ0) is 12.1. The summed E-state index contributed by atoms with van der Waals surface area (Å²) < 4.78 is 11.0. The van der Waals surface area contributed by atoms with Crippen LogP contribution in [0.2, 0.25) is 0 Å². The van der Waals surface area contributed by atoms with Gasteiger partial charge in [0.2, 0.25) is 0 Å². The number of aliphatic hydroxyl groups is 1. The van der Waals surface area contributed by atoms with Gasteiger partial charge in [-0.1, -0.05) is 0 Å². The number of rotatable bonds is 5. The molecule has 1 aliphatic rings. The highest BCUT2D eigenvalue weighted by Crippen LogP contribution is 2.18. The molecule has 96 valence electrons. The maximum atomic E-state index is 10.1. The van der Waals surface area contributed by atoms with Crippen molar-refractivity contribution in [2.24, 2.45) is 0 Å². The van der Waals surface area contributed by atoms with E-state index < -0.39 is 5.60 Å². The van der Waals surface area contributed by atoms with E-state index in [1.165, 1.54) is 0 Å². The lowest BCUT2D eigenvalue weighted by molar-refractivity contribution is -0.0872. The largest absolute Gasteiger partial charge is 0.387 e. The van der Waals surface area contributed by atoms with E-state index in [1.54, 1.807) is 0 Å². The Kier molecular flexibility index (Phi) is 5.18. The van der Waals surface area contributed by atoms with Crippen LogP contribution in [0.15, 0.2) is 0 Å². The van der Waals surface area contributed by atoms with Crippen LogP contribution in [0.4, 0.5) is 0 Å². The Morgan fingerprint density at radius 3 is 2.38 bits per heavy atom. The molecule has 0 radical (unpaired) electrons. The molecule has 0 saturated carbocycles. The van der Waals surface area contributed by atoms with Crippen molar-refractivity contribution in [3.05, 3.63) is 0 Å². The molecule has 4 nitrogen and oxygen atoms in total. The molecule has 4 heteroatoms. The first-order chi connectivity index (χ1) is 7.41. The third-order valence-corrected chi connectivity index (χ3v) is 2.67. The summed E-state index contributed by atoms with van der Waals surface area (Å²) >= 11 is 0. The lowest BCUT2D eigenvalue weighted by Crippen LogP contribution is -2.45. The topological polar surface area (TPSA) is 50.7 Å². The van der Waals surface area contributed by atoms with Gasteiger partial charge in [0, 0.05) is 0 Å². The maximum Gasteiger partial charge on any atom is 0.0904 e. The van der Waals surface area contributed by atoms with Gasteiger partial charge in [-0.25, -0.2) is 0 Å². The van der Waals surface area contributed by atoms with E-state index in [2.05, 4.69) is 5.32 Å². The Morgan fingerprint density at radius 1 is 1.19 bits per heavy atom. The summed E-state index contributed by atoms with van der Waals surface area (Å²) in [5.41, 5.74) is -0.748. The van der Waals surface area contributed by atoms with E-state index in [-0.39, 0.29) is 5.60 Å². The molecule has 0 aromatic carbocycles. The summed E-state index contributed by atoms with van der Waals surface area (Å²) in [6, 6.07) is 0. The van der Waals surface area contributed by atoms with Gasteiger partial charge < -0.3 is 19.9 Å². The molecule has 0 amide bonds. The van der Waals surface area contributed by atoms with Crippen molar-refractivity contribution in [1.82, 2.24) is 5.32 Å². The van der Waals surface area contributed by atoms with Crippen molar-refractivity contribution >= 4 is 0 Å². The van der Waals surface area contributed by atoms with Crippen molar-refractivity contribution in [3.8, 4) is 0 Å². The molecule has 1 fully saturated rings. The predicted molar refractivity (Wildman–Crippen MR) is 63.6 cm³/mol. The molecular formula is C12H25NO3. The van der Waals surface area contributed by atoms with E-state index in [4.69, 9.17) is 9.47 Å². The average molecular weight is 231 g/mol. The smallest absolute Gasteiger partial charge is 0.0904 e. The van der Waals surface area contributed by atoms with Crippen LogP contribution in [0.3, 0.4) is 0 Å². The van der Waals surface area contributed by atoms with E-state index in [0.29, 0.717) is 19.8 Å². The zero-order valence-electron chi connectivity index (χ0n) is 10.7. The molecule has 16 heavy (non-hydrogen) atoms. The van der Waals surface area contributed by atoms with Gasteiger partial charge in [0.25, 0.3) is 0 Å². The van der Waals surface area contributed by atoms with Crippen molar-refractivity contribution in [1.29, 1.82) is 0 Å². The van der Waals surface area contributed by atoms with Gasteiger partial charge in [0.15, 0.2) is 0 Å². The van der Waals surface area contributed by atoms with Gasteiger partial charge in [0.05, 0.1) is 31.0 Å². The molecule has 1 aliphatic heterocycles. The third kappa shape index (κ3) is 5.80. The standard InChI is InChI=1S/C12H25NO3/c1-11(2,3)16-9-8-15-10-12(14)4-6-13-7-5-12/h13-14H,4-10H2,1-3H3. The highest BCUT2D eigenvalue weighted by molar-refractivity contribution is 4.83. The number of hydrogen-bond donors (Lipinski definition) is 2. The first-order valence-corrected chi connectivity index (χ1v) is 6.06. The van der Waals surface area contributed by atoms with Crippen LogP contribution < -0.4 is 5.32 Å². The van der Waals surface area contributed by atoms with Crippen LogP contribution in [0, 0.1) is 0 Å². The van der Waals surface area contributed by atoms with E-state index in [0.717, 1.165) is 25.9 Å². The van der Waals surface area contributed by atoms with Crippen LogP contribution in [0.1, 0.15) is 33.6 Å². The number of piperidine rings is 1. The van der Waals surface area contributed by atoms with Crippen LogP contribution in [-0.4, -0.2) is 49.2 Å². The summed E-state index contributed by atoms with van der Waals surface area (Å²) in [5.74, 6) is 0. The fourth-order valence-electron chi connectivity index (χ4n) is 1.71. The molecule has 2 N–H and O–H groups in total. The summed E-state index contributed by atoms with van der Waals surface area (Å²) in [7, 11) is 0. The first-order valence-electron chi connectivity index (χ1n) is 6.06. The first kappa shape index (κ1) is 13.9. The third-order valence-electron chi connectivity index (χ3n) is 2.67. The van der Waals surface area contributed by atoms with Crippen LogP contribution in [0.25, 0.3) is 0 Å². The second kappa shape index (κ2) is 5.96. The highest BCUT2D eigenvalue weighted by atomic mass is 16.5. The number of nitrogens with one attached hydrogen (secondary N) is 1. The summed E-state index contributed by atoms with van der Waals surface area (Å²) in [5, 5.41) is 13.3. The Bertz CT molecular complexity index is 195. The predicted octanol–water partition coefficient (Wildman–Crippen LogP) is 0.933. The number of ether oxygens (including phenoxy) is 2. The Hall–Kier alpha value is -0.160. The molecule has 1 saturated heterocycles. The molecule has 0 bridgehead atoms. The summed E-state index contributed by atoms with van der Waals surface area (Å²) in [4.78, 5) is 0. The summed E-state index contributed by atoms with van der Waals surface area (Å²) in [6.45, 7) is 9.36. The fraction of sp³-hybridized carbons (Fsp3) is 1.00. The Labute approximate surface area is 98.3 Å². The van der Waals surface area contributed by atoms with E-state index >= 15 is 0 Å². The van der Waals surface area contributed by atoms with Gasteiger partial charge in [-0.05, 0) is 46.7 Å². The second-order valence-electron chi connectivity index (χ2n) is 5.49. The Balaban J connectivity index is 2.06. The van der Waals surface area contributed by atoms with Crippen LogP contribution in [-0.2, 0) is 9.47 Å². The van der Waals surface area contributed by atoms with E-state index in [1.807, 2.05) is 20.8 Å². The maximum absolute atomic E-state index is 10.1. The van der Waals surface area contributed by atoms with Crippen molar-refractivity contribution in [2.75, 3.05) is 32.9 Å². The van der Waals surface area contributed by atoms with Gasteiger partial charge in [-0.3, -0.25) is 0 Å². The fourth-order valence-corrected chi connectivity index (χ4v) is 1.71. The second-order valence-corrected chi connectivity index (χ2v) is 5.49. The molecular weight excluding hydrogens is 206 g/mol. The van der Waals surface area contributed by atoms with Gasteiger partial charge >= 0.3 is 0 Å². The minimum atomic E-state index is -0.632. The zero-order valence-corrected chi connectivity index (χ0v) is 10.7. The number of hydrogen-bond acceptors (Lipinski definition) is 4. The molecule has 0 aliphatic carbocycles. The minimum Gasteiger partial charge on any atom is -0.387 e. The SMILES string of the molecule is CC(C)(C)OCCOCC1(O)CCNCC1. The van der Waals surface area contributed by atoms with Crippen molar-refractivity contribution in [3.63, 3.8) is 0 Å². The minimum absolute atomic E-state index is 0.116. The highest BCUT2D eigenvalue weighted by Gasteiger charge is 2.29. The van der Waals surface area contributed by atoms with Crippen LogP contribution >= 0.6 is 0 Å². The monoisotopic (exact) mass is 231 g/mol. The molecule has 0 aromatic heterocycles. The lowest BCUT2D eigenvalue weighted by atomic mass is 9.94. The Morgan fingerprint density at radius 2 is 1.81 bits per heavy atom. The average Bonchev–Trinajstić information content (AvgIpc) is 2.16. The van der Waals surface area contributed by atoms with Crippen molar-refractivity contribution in [2.45, 2.75) is 44.8 Å². The quantitative estimate of drug-likeness (QED) is 0.691.